The standard InChI is InChI=1S/C16H19N3O2S2/c1-10-6-13(10)14-5-4-12(21-14)7-19(11-2-3-11)15(20)8-22-16-18-17-9-23-16/h4-5,9-11,13H,2-3,6-8H2,1H3/t10-,13-/m0/s1. The van der Waals surface area contributed by atoms with Crippen molar-refractivity contribution in [3.8, 4) is 0 Å². The Bertz CT molecular complexity index is 681. The van der Waals surface area contributed by atoms with E-state index in [2.05, 4.69) is 23.2 Å². The number of amides is 1. The minimum atomic E-state index is 0.158. The van der Waals surface area contributed by atoms with E-state index in [-0.39, 0.29) is 5.91 Å². The van der Waals surface area contributed by atoms with Crippen LogP contribution in [0.2, 0.25) is 0 Å². The van der Waals surface area contributed by atoms with Crippen LogP contribution in [-0.2, 0) is 11.3 Å². The Morgan fingerprint density at radius 3 is 2.96 bits per heavy atom. The molecule has 0 bridgehead atoms. The van der Waals surface area contributed by atoms with Crippen molar-refractivity contribution in [2.45, 2.75) is 49.0 Å². The predicted octanol–water partition coefficient (Wildman–Crippen LogP) is 3.54. The zero-order chi connectivity index (χ0) is 15.8. The highest BCUT2D eigenvalue weighted by atomic mass is 32.2. The summed E-state index contributed by atoms with van der Waals surface area (Å²) in [6.45, 7) is 2.83. The molecular formula is C16H19N3O2S2. The lowest BCUT2D eigenvalue weighted by molar-refractivity contribution is -0.129. The molecule has 4 rings (SSSR count). The average Bonchev–Trinajstić information content (AvgIpc) is 3.40. The number of furan rings is 1. The molecule has 1 amide bonds. The van der Waals surface area contributed by atoms with Gasteiger partial charge < -0.3 is 9.32 Å². The van der Waals surface area contributed by atoms with Crippen LogP contribution in [0.5, 0.6) is 0 Å². The normalized spacial score (nSPS) is 23.0. The summed E-state index contributed by atoms with van der Waals surface area (Å²) >= 11 is 2.93. The van der Waals surface area contributed by atoms with Crippen LogP contribution in [0, 0.1) is 5.92 Å². The molecule has 0 radical (unpaired) electrons. The Kier molecular flexibility index (Phi) is 4.15. The number of carbonyl (C=O) groups excluding carboxylic acids is 1. The van der Waals surface area contributed by atoms with Gasteiger partial charge in [-0.2, -0.15) is 0 Å². The van der Waals surface area contributed by atoms with Gasteiger partial charge >= 0.3 is 0 Å². The summed E-state index contributed by atoms with van der Waals surface area (Å²) in [5.41, 5.74) is 1.69. The summed E-state index contributed by atoms with van der Waals surface area (Å²) in [4.78, 5) is 14.5. The van der Waals surface area contributed by atoms with Crippen molar-refractivity contribution in [3.63, 3.8) is 0 Å². The molecule has 2 fully saturated rings. The lowest BCUT2D eigenvalue weighted by atomic mass is 10.3. The number of rotatable bonds is 7. The topological polar surface area (TPSA) is 59.2 Å². The van der Waals surface area contributed by atoms with Gasteiger partial charge in [0, 0.05) is 12.0 Å². The number of aromatic nitrogens is 2. The molecular weight excluding hydrogens is 330 g/mol. The van der Waals surface area contributed by atoms with Gasteiger partial charge in [-0.15, -0.1) is 10.2 Å². The molecule has 5 nitrogen and oxygen atoms in total. The van der Waals surface area contributed by atoms with Gasteiger partial charge in [0.15, 0.2) is 4.34 Å². The SMILES string of the molecule is C[C@H]1C[C@@H]1c1ccc(CN(C(=O)CSc2nncs2)C2CC2)o1. The predicted molar refractivity (Wildman–Crippen MR) is 89.4 cm³/mol. The summed E-state index contributed by atoms with van der Waals surface area (Å²) in [5.74, 6) is 3.88. The van der Waals surface area contributed by atoms with Gasteiger partial charge in [-0.25, -0.2) is 0 Å². The maximum atomic E-state index is 12.5. The molecule has 0 unspecified atom stereocenters. The molecule has 0 spiro atoms. The fraction of sp³-hybridized carbons (Fsp3) is 0.562. The van der Waals surface area contributed by atoms with Crippen molar-refractivity contribution in [2.75, 3.05) is 5.75 Å². The van der Waals surface area contributed by atoms with Crippen LogP contribution < -0.4 is 0 Å². The number of hydrogen-bond donors (Lipinski definition) is 0. The van der Waals surface area contributed by atoms with Crippen LogP contribution in [0.25, 0.3) is 0 Å². The maximum absolute atomic E-state index is 12.5. The third kappa shape index (κ3) is 3.61. The first-order chi connectivity index (χ1) is 11.2. The van der Waals surface area contributed by atoms with Crippen molar-refractivity contribution in [1.29, 1.82) is 0 Å². The monoisotopic (exact) mass is 349 g/mol. The van der Waals surface area contributed by atoms with Crippen molar-refractivity contribution in [1.82, 2.24) is 15.1 Å². The van der Waals surface area contributed by atoms with Crippen LogP contribution in [0.3, 0.4) is 0 Å². The second-order valence-electron chi connectivity index (χ2n) is 6.37. The second-order valence-corrected chi connectivity index (χ2v) is 8.43. The first-order valence-electron chi connectivity index (χ1n) is 7.97. The van der Waals surface area contributed by atoms with Crippen molar-refractivity contribution in [3.05, 3.63) is 29.2 Å². The van der Waals surface area contributed by atoms with Crippen LogP contribution >= 0.6 is 23.1 Å². The lowest BCUT2D eigenvalue weighted by Crippen LogP contribution is -2.33. The first-order valence-corrected chi connectivity index (χ1v) is 9.84. The molecule has 2 aliphatic rings. The molecule has 0 aliphatic heterocycles. The summed E-state index contributed by atoms with van der Waals surface area (Å²) in [6, 6.07) is 4.49. The van der Waals surface area contributed by atoms with E-state index in [1.165, 1.54) is 29.5 Å². The zero-order valence-electron chi connectivity index (χ0n) is 13.0. The molecule has 0 aromatic carbocycles. The molecule has 7 heteroatoms. The highest BCUT2D eigenvalue weighted by molar-refractivity contribution is 8.01. The van der Waals surface area contributed by atoms with Gasteiger partial charge in [0.25, 0.3) is 0 Å². The molecule has 2 aliphatic carbocycles. The first kappa shape index (κ1) is 15.2. The zero-order valence-corrected chi connectivity index (χ0v) is 14.6. The highest BCUT2D eigenvalue weighted by Crippen LogP contribution is 2.47. The van der Waals surface area contributed by atoms with Crippen molar-refractivity contribution >= 4 is 29.0 Å². The third-order valence-corrected chi connectivity index (χ3v) is 6.30. The van der Waals surface area contributed by atoms with E-state index in [0.717, 1.165) is 34.6 Å². The summed E-state index contributed by atoms with van der Waals surface area (Å²) < 4.78 is 6.81. The smallest absolute Gasteiger partial charge is 0.233 e. The van der Waals surface area contributed by atoms with E-state index >= 15 is 0 Å². The Morgan fingerprint density at radius 1 is 1.48 bits per heavy atom. The van der Waals surface area contributed by atoms with Crippen molar-refractivity contribution < 1.29 is 9.21 Å². The largest absolute Gasteiger partial charge is 0.464 e. The average molecular weight is 349 g/mol. The van der Waals surface area contributed by atoms with Gasteiger partial charge in [0.1, 0.15) is 17.0 Å². The van der Waals surface area contributed by atoms with Crippen LogP contribution in [0.4, 0.5) is 0 Å². The maximum Gasteiger partial charge on any atom is 0.233 e. The summed E-state index contributed by atoms with van der Waals surface area (Å²) in [7, 11) is 0. The minimum Gasteiger partial charge on any atom is -0.464 e. The van der Waals surface area contributed by atoms with E-state index in [1.54, 1.807) is 5.51 Å². The van der Waals surface area contributed by atoms with Crippen LogP contribution in [0.15, 0.2) is 26.4 Å². The number of thioether (sulfide) groups is 1. The van der Waals surface area contributed by atoms with E-state index in [9.17, 15) is 4.79 Å². The number of hydrogen-bond acceptors (Lipinski definition) is 6. The molecule has 2 saturated carbocycles. The Morgan fingerprint density at radius 2 is 2.30 bits per heavy atom. The molecule has 2 aromatic rings. The quantitative estimate of drug-likeness (QED) is 0.716. The fourth-order valence-electron chi connectivity index (χ4n) is 2.80. The van der Waals surface area contributed by atoms with E-state index in [4.69, 9.17) is 4.42 Å². The van der Waals surface area contributed by atoms with Crippen LogP contribution in [-0.4, -0.2) is 32.8 Å². The Hall–Kier alpha value is -1.34. The minimum absolute atomic E-state index is 0.158. The molecule has 2 aromatic heterocycles. The summed E-state index contributed by atoms with van der Waals surface area (Å²) in [6.07, 6.45) is 3.42. The van der Waals surface area contributed by atoms with Gasteiger partial charge in [-0.1, -0.05) is 30.0 Å². The Balaban J connectivity index is 1.37. The molecule has 2 atom stereocenters. The Labute approximate surface area is 143 Å². The highest BCUT2D eigenvalue weighted by Gasteiger charge is 2.37. The van der Waals surface area contributed by atoms with E-state index < -0.39 is 0 Å². The fourth-order valence-corrected chi connectivity index (χ4v) is 4.18. The second kappa shape index (κ2) is 6.28. The molecule has 122 valence electrons. The van der Waals surface area contributed by atoms with Gasteiger partial charge in [0.2, 0.25) is 5.91 Å². The van der Waals surface area contributed by atoms with Gasteiger partial charge in [-0.3, -0.25) is 4.79 Å². The van der Waals surface area contributed by atoms with Gasteiger partial charge in [0.05, 0.1) is 12.3 Å². The van der Waals surface area contributed by atoms with Crippen molar-refractivity contribution in [2.24, 2.45) is 5.92 Å². The van der Waals surface area contributed by atoms with Crippen LogP contribution in [0.1, 0.15) is 43.6 Å². The van der Waals surface area contributed by atoms with E-state index in [0.29, 0.717) is 24.3 Å². The number of nitrogens with zero attached hydrogens (tertiary/aromatic N) is 3. The summed E-state index contributed by atoms with van der Waals surface area (Å²) in [5, 5.41) is 7.77. The number of carbonyl (C=O) groups is 1. The molecule has 0 N–H and O–H groups in total. The third-order valence-electron chi connectivity index (χ3n) is 4.45. The van der Waals surface area contributed by atoms with Gasteiger partial charge in [-0.05, 0) is 37.3 Å². The molecule has 2 heterocycles. The molecule has 0 saturated heterocycles. The lowest BCUT2D eigenvalue weighted by Gasteiger charge is -2.20. The molecule has 23 heavy (non-hydrogen) atoms. The van der Waals surface area contributed by atoms with E-state index in [1.807, 2.05) is 11.0 Å².